The average Bonchev–Trinajstić information content (AvgIpc) is 2.18. The summed E-state index contributed by atoms with van der Waals surface area (Å²) in [5.74, 6) is 0. The van der Waals surface area contributed by atoms with Gasteiger partial charge in [-0.15, -0.1) is 0 Å². The lowest BCUT2D eigenvalue weighted by Gasteiger charge is -2.13. The second-order valence-electron chi connectivity index (χ2n) is 2.77. The molecule has 0 amide bonds. The summed E-state index contributed by atoms with van der Waals surface area (Å²) in [6.45, 7) is 10.5. The zero-order valence-corrected chi connectivity index (χ0v) is 9.29. The van der Waals surface area contributed by atoms with Gasteiger partial charge in [0.05, 0.1) is 0 Å². The Morgan fingerprint density at radius 2 is 1.08 bits per heavy atom. The van der Waals surface area contributed by atoms with E-state index in [0.29, 0.717) is 0 Å². The van der Waals surface area contributed by atoms with Gasteiger partial charge in [0.25, 0.3) is 0 Å². The normalized spacial score (nSPS) is 9.69. The number of hydrogen-bond donors (Lipinski definition) is 2. The molecular formula is C10H25NO2. The molecule has 0 atom stereocenters. The van der Waals surface area contributed by atoms with E-state index in [1.807, 2.05) is 0 Å². The van der Waals surface area contributed by atoms with Crippen molar-refractivity contribution in [1.29, 1.82) is 0 Å². The Bertz CT molecular complexity index is 65.8. The summed E-state index contributed by atoms with van der Waals surface area (Å²) in [6, 6.07) is 0. The standard InChI is InChI=1S/C6H15N.C4H10O2/c1-4-7(5-2)6-3;5-3-1-2-4-6/h4-6H2,1-3H3;5-6H,1-4H2. The molecule has 0 saturated carbocycles. The maximum atomic E-state index is 8.09. The fourth-order valence-electron chi connectivity index (χ4n) is 0.894. The molecule has 3 nitrogen and oxygen atoms in total. The number of nitrogens with zero attached hydrogens (tertiary/aromatic N) is 1. The number of aliphatic hydroxyl groups excluding tert-OH is 2. The molecule has 0 aromatic carbocycles. The first-order valence-electron chi connectivity index (χ1n) is 5.20. The predicted molar refractivity (Wildman–Crippen MR) is 56.9 cm³/mol. The average molecular weight is 191 g/mol. The van der Waals surface area contributed by atoms with Crippen LogP contribution >= 0.6 is 0 Å². The monoisotopic (exact) mass is 191 g/mol. The van der Waals surface area contributed by atoms with E-state index in [-0.39, 0.29) is 13.2 Å². The fraction of sp³-hybridized carbons (Fsp3) is 1.00. The molecule has 0 aromatic rings. The topological polar surface area (TPSA) is 43.7 Å². The molecule has 0 aromatic heterocycles. The Hall–Kier alpha value is -0.120. The van der Waals surface area contributed by atoms with Crippen molar-refractivity contribution in [1.82, 2.24) is 4.90 Å². The van der Waals surface area contributed by atoms with E-state index in [2.05, 4.69) is 25.7 Å². The largest absolute Gasteiger partial charge is 0.396 e. The van der Waals surface area contributed by atoms with Crippen LogP contribution < -0.4 is 0 Å². The molecule has 2 N–H and O–H groups in total. The Morgan fingerprint density at radius 1 is 0.769 bits per heavy atom. The minimum atomic E-state index is 0.195. The van der Waals surface area contributed by atoms with Crippen molar-refractivity contribution >= 4 is 0 Å². The van der Waals surface area contributed by atoms with Crippen molar-refractivity contribution in [2.45, 2.75) is 33.6 Å². The molecule has 0 rings (SSSR count). The summed E-state index contributed by atoms with van der Waals surface area (Å²) < 4.78 is 0. The van der Waals surface area contributed by atoms with Crippen molar-refractivity contribution in [3.63, 3.8) is 0 Å². The minimum Gasteiger partial charge on any atom is -0.396 e. The molecule has 0 aliphatic rings. The van der Waals surface area contributed by atoms with Crippen LogP contribution in [0, 0.1) is 0 Å². The van der Waals surface area contributed by atoms with Gasteiger partial charge in [-0.3, -0.25) is 0 Å². The molecule has 0 fully saturated rings. The van der Waals surface area contributed by atoms with E-state index < -0.39 is 0 Å². The highest BCUT2D eigenvalue weighted by atomic mass is 16.3. The number of hydrogen-bond acceptors (Lipinski definition) is 3. The summed E-state index contributed by atoms with van der Waals surface area (Å²) in [7, 11) is 0. The molecule has 0 aliphatic carbocycles. The lowest BCUT2D eigenvalue weighted by Crippen LogP contribution is -2.21. The van der Waals surface area contributed by atoms with Gasteiger partial charge in [-0.05, 0) is 32.5 Å². The number of rotatable bonds is 6. The Balaban J connectivity index is 0. The van der Waals surface area contributed by atoms with Gasteiger partial charge in [0.15, 0.2) is 0 Å². The molecule has 3 heteroatoms. The van der Waals surface area contributed by atoms with Gasteiger partial charge in [0, 0.05) is 13.2 Å². The quantitative estimate of drug-likeness (QED) is 0.618. The maximum Gasteiger partial charge on any atom is 0.0431 e. The van der Waals surface area contributed by atoms with Crippen molar-refractivity contribution in [2.75, 3.05) is 32.8 Å². The van der Waals surface area contributed by atoms with Gasteiger partial charge in [-0.25, -0.2) is 0 Å². The predicted octanol–water partition coefficient (Wildman–Crippen LogP) is 1.10. The van der Waals surface area contributed by atoms with Gasteiger partial charge in [0.2, 0.25) is 0 Å². The number of unbranched alkanes of at least 4 members (excludes halogenated alkanes) is 1. The highest BCUT2D eigenvalue weighted by Gasteiger charge is 1.89. The molecule has 82 valence electrons. The van der Waals surface area contributed by atoms with Crippen LogP contribution in [0.4, 0.5) is 0 Å². The van der Waals surface area contributed by atoms with Crippen LogP contribution in [0.3, 0.4) is 0 Å². The first-order chi connectivity index (χ1) is 6.26. The lowest BCUT2D eigenvalue weighted by atomic mass is 10.3. The Labute approximate surface area is 82.4 Å². The van der Waals surface area contributed by atoms with Crippen LogP contribution in [0.15, 0.2) is 0 Å². The molecule has 0 heterocycles. The van der Waals surface area contributed by atoms with Crippen molar-refractivity contribution in [3.8, 4) is 0 Å². The van der Waals surface area contributed by atoms with E-state index in [1.165, 1.54) is 19.6 Å². The summed E-state index contributed by atoms with van der Waals surface area (Å²) in [4.78, 5) is 2.38. The highest BCUT2D eigenvalue weighted by molar-refractivity contribution is 4.43. The second kappa shape index (κ2) is 14.4. The lowest BCUT2D eigenvalue weighted by molar-refractivity contribution is 0.242. The third-order valence-electron chi connectivity index (χ3n) is 1.91. The zero-order chi connectivity index (χ0) is 10.5. The van der Waals surface area contributed by atoms with Crippen molar-refractivity contribution < 1.29 is 10.2 Å². The highest BCUT2D eigenvalue weighted by Crippen LogP contribution is 1.81. The van der Waals surface area contributed by atoms with Gasteiger partial charge in [-0.1, -0.05) is 20.8 Å². The van der Waals surface area contributed by atoms with Crippen LogP contribution in [-0.2, 0) is 0 Å². The van der Waals surface area contributed by atoms with Crippen LogP contribution in [0.25, 0.3) is 0 Å². The molecule has 0 spiro atoms. The second-order valence-corrected chi connectivity index (χ2v) is 2.77. The first-order valence-corrected chi connectivity index (χ1v) is 5.20. The molecule has 13 heavy (non-hydrogen) atoms. The van der Waals surface area contributed by atoms with Gasteiger partial charge >= 0.3 is 0 Å². The van der Waals surface area contributed by atoms with Gasteiger partial charge in [-0.2, -0.15) is 0 Å². The summed E-state index contributed by atoms with van der Waals surface area (Å²) in [5.41, 5.74) is 0. The van der Waals surface area contributed by atoms with Crippen molar-refractivity contribution in [2.24, 2.45) is 0 Å². The molecule has 0 bridgehead atoms. The fourth-order valence-corrected chi connectivity index (χ4v) is 0.894. The Kier molecular flexibility index (Phi) is 17.0. The van der Waals surface area contributed by atoms with Crippen LogP contribution in [0.1, 0.15) is 33.6 Å². The summed E-state index contributed by atoms with van der Waals surface area (Å²) in [5, 5.41) is 16.2. The Morgan fingerprint density at radius 3 is 1.15 bits per heavy atom. The van der Waals surface area contributed by atoms with E-state index in [9.17, 15) is 0 Å². The summed E-state index contributed by atoms with van der Waals surface area (Å²) in [6.07, 6.45) is 1.44. The van der Waals surface area contributed by atoms with E-state index in [0.717, 1.165) is 12.8 Å². The molecule has 0 saturated heterocycles. The van der Waals surface area contributed by atoms with Gasteiger partial charge in [0.1, 0.15) is 0 Å². The third kappa shape index (κ3) is 14.7. The molecular weight excluding hydrogens is 166 g/mol. The van der Waals surface area contributed by atoms with E-state index >= 15 is 0 Å². The summed E-state index contributed by atoms with van der Waals surface area (Å²) >= 11 is 0. The SMILES string of the molecule is CCN(CC)CC.OCCCCO. The third-order valence-corrected chi connectivity index (χ3v) is 1.91. The van der Waals surface area contributed by atoms with Crippen LogP contribution in [-0.4, -0.2) is 48.0 Å². The first kappa shape index (κ1) is 15.4. The number of aliphatic hydroxyl groups is 2. The smallest absolute Gasteiger partial charge is 0.0431 e. The molecule has 0 radical (unpaired) electrons. The van der Waals surface area contributed by atoms with E-state index in [1.54, 1.807) is 0 Å². The van der Waals surface area contributed by atoms with Crippen LogP contribution in [0.2, 0.25) is 0 Å². The van der Waals surface area contributed by atoms with Gasteiger partial charge < -0.3 is 15.1 Å². The molecule has 0 aliphatic heterocycles. The van der Waals surface area contributed by atoms with E-state index in [4.69, 9.17) is 10.2 Å². The van der Waals surface area contributed by atoms with Crippen LogP contribution in [0.5, 0.6) is 0 Å². The molecule has 0 unspecified atom stereocenters. The zero-order valence-electron chi connectivity index (χ0n) is 9.29. The minimum absolute atomic E-state index is 0.195. The van der Waals surface area contributed by atoms with Crippen molar-refractivity contribution in [3.05, 3.63) is 0 Å². The maximum absolute atomic E-state index is 8.09.